The summed E-state index contributed by atoms with van der Waals surface area (Å²) >= 11 is 6.09. The van der Waals surface area contributed by atoms with Gasteiger partial charge in [0.2, 0.25) is 10.0 Å². The summed E-state index contributed by atoms with van der Waals surface area (Å²) in [5, 5.41) is 2.94. The van der Waals surface area contributed by atoms with Crippen LogP contribution >= 0.6 is 11.6 Å². The molecule has 0 radical (unpaired) electrons. The topological polar surface area (TPSA) is 78.9 Å². The van der Waals surface area contributed by atoms with E-state index in [1.807, 2.05) is 7.05 Å². The molecule has 0 unspecified atom stereocenters. The van der Waals surface area contributed by atoms with Gasteiger partial charge in [0.1, 0.15) is 0 Å². The molecule has 1 fully saturated rings. The summed E-state index contributed by atoms with van der Waals surface area (Å²) in [6.45, 7) is 3.18. The summed E-state index contributed by atoms with van der Waals surface area (Å²) in [5.74, 6) is -0.392. The summed E-state index contributed by atoms with van der Waals surface area (Å²) in [7, 11) is -0.0940. The minimum absolute atomic E-state index is 0.0866. The van der Waals surface area contributed by atoms with Crippen molar-refractivity contribution in [2.75, 3.05) is 53.5 Å². The van der Waals surface area contributed by atoms with Crippen LogP contribution < -0.4 is 5.32 Å². The maximum atomic E-state index is 12.8. The van der Waals surface area contributed by atoms with Crippen LogP contribution in [0.15, 0.2) is 23.1 Å². The Balaban J connectivity index is 2.15. The molecule has 25 heavy (non-hydrogen) atoms. The van der Waals surface area contributed by atoms with Gasteiger partial charge in [-0.15, -0.1) is 0 Å². The van der Waals surface area contributed by atoms with Gasteiger partial charge in [0.05, 0.1) is 15.5 Å². The number of methoxy groups -OCH3 is 1. The average molecular weight is 390 g/mol. The van der Waals surface area contributed by atoms with E-state index in [1.54, 1.807) is 7.11 Å². The van der Waals surface area contributed by atoms with Crippen molar-refractivity contribution in [3.8, 4) is 0 Å². The number of likely N-dealkylation sites (N-methyl/N-ethyl adjacent to an activating group) is 1. The van der Waals surface area contributed by atoms with Crippen LogP contribution in [0.4, 0.5) is 0 Å². The molecule has 1 aliphatic rings. The zero-order valence-corrected chi connectivity index (χ0v) is 16.1. The normalized spacial score (nSPS) is 16.8. The van der Waals surface area contributed by atoms with Gasteiger partial charge in [0.15, 0.2) is 0 Å². The molecular weight excluding hydrogens is 366 g/mol. The third-order valence-corrected chi connectivity index (χ3v) is 6.32. The molecule has 1 amide bonds. The van der Waals surface area contributed by atoms with E-state index in [0.717, 1.165) is 0 Å². The Morgan fingerprint density at radius 2 is 1.96 bits per heavy atom. The fourth-order valence-corrected chi connectivity index (χ4v) is 4.18. The van der Waals surface area contributed by atoms with Crippen LogP contribution in [0.1, 0.15) is 16.8 Å². The highest BCUT2D eigenvalue weighted by atomic mass is 35.5. The highest BCUT2D eigenvalue weighted by molar-refractivity contribution is 7.89. The van der Waals surface area contributed by atoms with Crippen LogP contribution in [0.2, 0.25) is 5.02 Å². The number of piperazine rings is 1. The predicted octanol–water partition coefficient (Wildman–Crippen LogP) is 1.04. The molecule has 0 atom stereocenters. The largest absolute Gasteiger partial charge is 0.385 e. The number of nitrogens with zero attached hydrogens (tertiary/aromatic N) is 2. The summed E-state index contributed by atoms with van der Waals surface area (Å²) in [6.07, 6.45) is 0.666. The van der Waals surface area contributed by atoms with Gasteiger partial charge < -0.3 is 15.0 Å². The molecule has 7 nitrogen and oxygen atoms in total. The number of carbonyl (C=O) groups excluding carboxylic acids is 1. The number of nitrogens with one attached hydrogen (secondary N) is 1. The van der Waals surface area contributed by atoms with Crippen LogP contribution in [0.25, 0.3) is 0 Å². The van der Waals surface area contributed by atoms with Crippen molar-refractivity contribution in [2.24, 2.45) is 0 Å². The lowest BCUT2D eigenvalue weighted by atomic mass is 10.2. The van der Waals surface area contributed by atoms with Crippen LogP contribution in [0.5, 0.6) is 0 Å². The second-order valence-corrected chi connectivity index (χ2v) is 8.30. The summed E-state index contributed by atoms with van der Waals surface area (Å²) in [4.78, 5) is 14.4. The van der Waals surface area contributed by atoms with E-state index < -0.39 is 15.9 Å². The summed E-state index contributed by atoms with van der Waals surface area (Å²) in [6, 6.07) is 4.24. The molecule has 0 aromatic heterocycles. The second-order valence-electron chi connectivity index (χ2n) is 5.95. The van der Waals surface area contributed by atoms with Crippen molar-refractivity contribution < 1.29 is 17.9 Å². The second kappa shape index (κ2) is 8.95. The zero-order chi connectivity index (χ0) is 18.4. The first kappa shape index (κ1) is 20.1. The molecule has 0 spiro atoms. The summed E-state index contributed by atoms with van der Waals surface area (Å²) in [5.41, 5.74) is 0.161. The van der Waals surface area contributed by atoms with Gasteiger partial charge in [-0.2, -0.15) is 4.31 Å². The van der Waals surface area contributed by atoms with E-state index in [4.69, 9.17) is 16.3 Å². The monoisotopic (exact) mass is 389 g/mol. The quantitative estimate of drug-likeness (QED) is 0.705. The maximum absolute atomic E-state index is 12.8. The van der Waals surface area contributed by atoms with E-state index in [1.165, 1.54) is 22.5 Å². The Morgan fingerprint density at radius 1 is 1.28 bits per heavy atom. The molecule has 0 saturated carbocycles. The molecule has 1 aromatic carbocycles. The molecule has 9 heteroatoms. The van der Waals surface area contributed by atoms with E-state index >= 15 is 0 Å². The Kier molecular flexibility index (Phi) is 7.21. The number of ether oxygens (including phenoxy) is 1. The van der Waals surface area contributed by atoms with E-state index in [0.29, 0.717) is 45.8 Å². The lowest BCUT2D eigenvalue weighted by molar-refractivity contribution is 0.0948. The SMILES string of the molecule is COCCCNC(=O)c1cc(S(=O)(=O)N2CCN(C)CC2)ccc1Cl. The van der Waals surface area contributed by atoms with E-state index in [2.05, 4.69) is 10.2 Å². The number of amides is 1. The van der Waals surface area contributed by atoms with Crippen molar-refractivity contribution >= 4 is 27.5 Å². The minimum atomic E-state index is -3.64. The number of rotatable bonds is 7. The number of halogens is 1. The first-order chi connectivity index (χ1) is 11.9. The molecule has 1 N–H and O–H groups in total. The molecule has 0 bridgehead atoms. The molecule has 1 aliphatic heterocycles. The first-order valence-corrected chi connectivity index (χ1v) is 9.93. The van der Waals surface area contributed by atoms with Gasteiger partial charge in [0, 0.05) is 46.4 Å². The zero-order valence-electron chi connectivity index (χ0n) is 14.5. The van der Waals surface area contributed by atoms with Crippen LogP contribution in [0.3, 0.4) is 0 Å². The standard InChI is InChI=1S/C16H24ClN3O4S/c1-19-7-9-20(10-8-19)25(22,23)13-4-5-15(17)14(12-13)16(21)18-6-3-11-24-2/h4-5,12H,3,6-11H2,1-2H3,(H,18,21). The molecule has 0 aliphatic carbocycles. The molecule has 1 saturated heterocycles. The van der Waals surface area contributed by atoms with Crippen molar-refractivity contribution in [1.29, 1.82) is 0 Å². The number of benzene rings is 1. The number of hydrogen-bond donors (Lipinski definition) is 1. The van der Waals surface area contributed by atoms with Crippen LogP contribution in [0, 0.1) is 0 Å². The van der Waals surface area contributed by atoms with Gasteiger partial charge in [-0.1, -0.05) is 11.6 Å². The lowest BCUT2D eigenvalue weighted by Crippen LogP contribution is -2.47. The Labute approximate surface area is 153 Å². The van der Waals surface area contributed by atoms with Crippen LogP contribution in [-0.4, -0.2) is 77.0 Å². The van der Waals surface area contributed by atoms with Crippen molar-refractivity contribution in [1.82, 2.24) is 14.5 Å². The van der Waals surface area contributed by atoms with E-state index in [9.17, 15) is 13.2 Å². The summed E-state index contributed by atoms with van der Waals surface area (Å²) < 4.78 is 32.0. The highest BCUT2D eigenvalue weighted by Crippen LogP contribution is 2.23. The maximum Gasteiger partial charge on any atom is 0.252 e. The van der Waals surface area contributed by atoms with Gasteiger partial charge in [0.25, 0.3) is 5.91 Å². The average Bonchev–Trinajstić information content (AvgIpc) is 2.59. The Hall–Kier alpha value is -1.19. The van der Waals surface area contributed by atoms with Crippen molar-refractivity contribution in [3.63, 3.8) is 0 Å². The molecular formula is C16H24ClN3O4S. The van der Waals surface area contributed by atoms with Crippen LogP contribution in [-0.2, 0) is 14.8 Å². The minimum Gasteiger partial charge on any atom is -0.385 e. The number of carbonyl (C=O) groups is 1. The highest BCUT2D eigenvalue weighted by Gasteiger charge is 2.28. The van der Waals surface area contributed by atoms with Crippen molar-refractivity contribution in [2.45, 2.75) is 11.3 Å². The fraction of sp³-hybridized carbons (Fsp3) is 0.562. The van der Waals surface area contributed by atoms with Gasteiger partial charge in [-0.3, -0.25) is 4.79 Å². The first-order valence-electron chi connectivity index (χ1n) is 8.11. The Morgan fingerprint density at radius 3 is 2.60 bits per heavy atom. The van der Waals surface area contributed by atoms with Crippen molar-refractivity contribution in [3.05, 3.63) is 28.8 Å². The number of hydrogen-bond acceptors (Lipinski definition) is 5. The lowest BCUT2D eigenvalue weighted by Gasteiger charge is -2.31. The smallest absolute Gasteiger partial charge is 0.252 e. The third kappa shape index (κ3) is 5.15. The third-order valence-electron chi connectivity index (χ3n) is 4.09. The molecule has 1 aromatic rings. The van der Waals surface area contributed by atoms with Gasteiger partial charge in [-0.05, 0) is 31.7 Å². The molecule has 140 valence electrons. The van der Waals surface area contributed by atoms with Gasteiger partial charge >= 0.3 is 0 Å². The molecule has 2 rings (SSSR count). The molecule has 1 heterocycles. The van der Waals surface area contributed by atoms with Gasteiger partial charge in [-0.25, -0.2) is 8.42 Å². The Bertz CT molecular complexity index is 703. The number of sulfonamides is 1. The fourth-order valence-electron chi connectivity index (χ4n) is 2.53. The predicted molar refractivity (Wildman–Crippen MR) is 96.5 cm³/mol. The van der Waals surface area contributed by atoms with E-state index in [-0.39, 0.29) is 15.5 Å².